The summed E-state index contributed by atoms with van der Waals surface area (Å²) in [6.07, 6.45) is 0. The van der Waals surface area contributed by atoms with Crippen molar-refractivity contribution in [3.8, 4) is 67.3 Å². The average Bonchev–Trinajstić information content (AvgIpc) is 4.24. The largest absolute Gasteiger partial charge is 0.307 e. The molecule has 4 heterocycles. The number of hydrogen-bond acceptors (Lipinski definition) is 0. The van der Waals surface area contributed by atoms with Crippen molar-refractivity contribution in [2.24, 2.45) is 0 Å². The lowest BCUT2D eigenvalue weighted by atomic mass is 9.80. The highest BCUT2D eigenvalue weighted by Gasteiger charge is 2.27. The molecule has 0 unspecified atom stereocenters. The van der Waals surface area contributed by atoms with Gasteiger partial charge in [-0.25, -0.2) is 0 Å². The number of benzene rings is 12. The number of rotatable bonds is 4. The van der Waals surface area contributed by atoms with Crippen LogP contribution in [0.1, 0.15) is 0 Å². The first-order valence-electron chi connectivity index (χ1n) is 26.3. The second kappa shape index (κ2) is 15.7. The Morgan fingerprint density at radius 2 is 0.421 bits per heavy atom. The van der Waals surface area contributed by atoms with Gasteiger partial charge in [0.05, 0.1) is 55.5 Å². The monoisotopic (exact) mass is 964 g/mol. The summed E-state index contributed by atoms with van der Waals surface area (Å²) in [5.74, 6) is 0. The van der Waals surface area contributed by atoms with Crippen LogP contribution in [-0.2, 0) is 0 Å². The van der Waals surface area contributed by atoms with Crippen molar-refractivity contribution >= 4 is 87.2 Å². The first-order valence-corrected chi connectivity index (χ1v) is 26.3. The zero-order valence-electron chi connectivity index (χ0n) is 41.2. The van der Waals surface area contributed by atoms with E-state index in [9.17, 15) is 0 Å². The van der Waals surface area contributed by atoms with Crippen LogP contribution in [0.4, 0.5) is 0 Å². The minimum Gasteiger partial charge on any atom is -0.307 e. The van der Waals surface area contributed by atoms with Gasteiger partial charge < -0.3 is 18.3 Å². The highest BCUT2D eigenvalue weighted by Crippen LogP contribution is 2.50. The number of fused-ring (bicyclic) bond motifs is 20. The molecule has 352 valence electrons. The SMILES string of the molecule is c1ccc2c(c1)-c1ccc(-n3c4ccccc4c4cccc(-n5c6ccccc6c6ccccc65)c43)cc1-c1ccccc1-c1ccc(-n3c4ccccc4c4cccc(-n5c6ccccc6c6ccccc65)c43)cc1-2. The molecule has 4 aromatic heterocycles. The van der Waals surface area contributed by atoms with Crippen molar-refractivity contribution in [2.45, 2.75) is 0 Å². The standard InChI is InChI=1S/C72H44N4/c1-3-21-49-47(19-1)51-41-39-45(73-63-31-11-9-27-57(63)59-29-17-37-69(71(59)73)75-65-33-13-5-23-53(65)54-24-6-14-34-66(54)75)44-62(51)50-22-4-2-20-48(50)52-42-40-46(43-61(49)52)74-64-32-12-10-28-58(64)60-30-18-38-70(72(60)74)76-67-35-15-7-25-55(67)56-26-8-16-36-68(56)76/h1-44H. The van der Waals surface area contributed by atoms with Gasteiger partial charge in [0.15, 0.2) is 0 Å². The van der Waals surface area contributed by atoms with Crippen molar-refractivity contribution in [3.05, 3.63) is 267 Å². The summed E-state index contributed by atoms with van der Waals surface area (Å²) in [4.78, 5) is 0. The van der Waals surface area contributed by atoms with Gasteiger partial charge in [0.25, 0.3) is 0 Å². The first-order chi connectivity index (χ1) is 37.8. The molecule has 0 atom stereocenters. The van der Waals surface area contributed by atoms with Gasteiger partial charge in [-0.2, -0.15) is 0 Å². The molecule has 0 N–H and O–H groups in total. The molecule has 0 fully saturated rings. The Kier molecular flexibility index (Phi) is 8.52. The quantitative estimate of drug-likeness (QED) is 0.167. The third-order valence-corrected chi connectivity index (χ3v) is 16.5. The fourth-order valence-corrected chi connectivity index (χ4v) is 13.4. The van der Waals surface area contributed by atoms with Crippen LogP contribution in [0, 0.1) is 0 Å². The average molecular weight is 965 g/mol. The molecule has 0 saturated carbocycles. The summed E-state index contributed by atoms with van der Waals surface area (Å²) in [7, 11) is 0. The van der Waals surface area contributed by atoms with E-state index in [1.54, 1.807) is 0 Å². The van der Waals surface area contributed by atoms with E-state index in [4.69, 9.17) is 0 Å². The Morgan fingerprint density at radius 3 is 0.763 bits per heavy atom. The summed E-state index contributed by atoms with van der Waals surface area (Å²) in [6, 6.07) is 99.1. The molecule has 17 rings (SSSR count). The molecule has 4 heteroatoms. The molecule has 1 aliphatic rings. The van der Waals surface area contributed by atoms with Crippen LogP contribution in [0.5, 0.6) is 0 Å². The Morgan fingerprint density at radius 1 is 0.171 bits per heavy atom. The van der Waals surface area contributed by atoms with Gasteiger partial charge in [-0.15, -0.1) is 0 Å². The van der Waals surface area contributed by atoms with Gasteiger partial charge in [0.1, 0.15) is 0 Å². The van der Waals surface area contributed by atoms with E-state index >= 15 is 0 Å². The molecular weight excluding hydrogens is 921 g/mol. The predicted octanol–water partition coefficient (Wildman–Crippen LogP) is 19.1. The van der Waals surface area contributed by atoms with E-state index in [0.29, 0.717) is 0 Å². The maximum atomic E-state index is 2.51. The Labute approximate surface area is 437 Å². The number of para-hydroxylation sites is 8. The third kappa shape index (κ3) is 5.62. The molecule has 0 amide bonds. The van der Waals surface area contributed by atoms with Crippen LogP contribution in [0.15, 0.2) is 267 Å². The molecule has 0 spiro atoms. The van der Waals surface area contributed by atoms with Crippen LogP contribution in [0.3, 0.4) is 0 Å². The molecule has 16 aromatic rings. The van der Waals surface area contributed by atoms with Gasteiger partial charge in [0.2, 0.25) is 0 Å². The molecule has 0 saturated heterocycles. The highest BCUT2D eigenvalue weighted by atomic mass is 15.1. The maximum Gasteiger partial charge on any atom is 0.0782 e. The second-order valence-corrected chi connectivity index (χ2v) is 20.3. The highest BCUT2D eigenvalue weighted by molar-refractivity contribution is 6.17. The van der Waals surface area contributed by atoms with Crippen molar-refractivity contribution in [1.82, 2.24) is 18.3 Å². The second-order valence-electron chi connectivity index (χ2n) is 20.3. The van der Waals surface area contributed by atoms with E-state index in [1.807, 2.05) is 0 Å². The fraction of sp³-hybridized carbons (Fsp3) is 0. The first kappa shape index (κ1) is 41.3. The van der Waals surface area contributed by atoms with Gasteiger partial charge in [-0.05, 0) is 117 Å². The lowest BCUT2D eigenvalue weighted by Gasteiger charge is -2.25. The summed E-state index contributed by atoms with van der Waals surface area (Å²) in [6.45, 7) is 0. The van der Waals surface area contributed by atoms with Crippen molar-refractivity contribution in [1.29, 1.82) is 0 Å². The normalized spacial score (nSPS) is 12.2. The fourth-order valence-electron chi connectivity index (χ4n) is 13.4. The predicted molar refractivity (Wildman–Crippen MR) is 319 cm³/mol. The lowest BCUT2D eigenvalue weighted by Crippen LogP contribution is -2.03. The van der Waals surface area contributed by atoms with Gasteiger partial charge in [0, 0.05) is 54.5 Å². The maximum absolute atomic E-state index is 2.51. The number of nitrogens with zero attached hydrogens (tertiary/aromatic N) is 4. The summed E-state index contributed by atoms with van der Waals surface area (Å²) >= 11 is 0. The van der Waals surface area contributed by atoms with Gasteiger partial charge in [-0.1, -0.05) is 194 Å². The lowest BCUT2D eigenvalue weighted by molar-refractivity contribution is 1.13. The van der Waals surface area contributed by atoms with E-state index < -0.39 is 0 Å². The third-order valence-electron chi connectivity index (χ3n) is 16.5. The van der Waals surface area contributed by atoms with Crippen molar-refractivity contribution in [3.63, 3.8) is 0 Å². The van der Waals surface area contributed by atoms with Crippen molar-refractivity contribution < 1.29 is 0 Å². The van der Waals surface area contributed by atoms with Crippen LogP contribution >= 0.6 is 0 Å². The Hall–Kier alpha value is -10.2. The minimum atomic E-state index is 1.12. The van der Waals surface area contributed by atoms with Crippen molar-refractivity contribution in [2.75, 3.05) is 0 Å². The van der Waals surface area contributed by atoms with E-state index in [2.05, 4.69) is 285 Å². The molecular formula is C72H44N4. The molecule has 4 nitrogen and oxygen atoms in total. The topological polar surface area (TPSA) is 19.7 Å². The number of hydrogen-bond donors (Lipinski definition) is 0. The van der Waals surface area contributed by atoms with Crippen LogP contribution in [-0.4, -0.2) is 18.3 Å². The summed E-state index contributed by atoms with van der Waals surface area (Å²) in [5, 5.41) is 9.91. The Balaban J connectivity index is 0.904. The minimum absolute atomic E-state index is 1.12. The van der Waals surface area contributed by atoms with E-state index in [1.165, 1.54) is 132 Å². The van der Waals surface area contributed by atoms with E-state index in [-0.39, 0.29) is 0 Å². The zero-order chi connectivity index (χ0) is 49.6. The summed E-state index contributed by atoms with van der Waals surface area (Å²) < 4.78 is 9.96. The van der Waals surface area contributed by atoms with Gasteiger partial charge >= 0.3 is 0 Å². The zero-order valence-corrected chi connectivity index (χ0v) is 41.2. The molecule has 0 bridgehead atoms. The van der Waals surface area contributed by atoms with Crippen LogP contribution < -0.4 is 0 Å². The van der Waals surface area contributed by atoms with Crippen LogP contribution in [0.2, 0.25) is 0 Å². The van der Waals surface area contributed by atoms with E-state index in [0.717, 1.165) is 22.7 Å². The van der Waals surface area contributed by atoms with Gasteiger partial charge in [-0.3, -0.25) is 0 Å². The number of aromatic nitrogens is 4. The molecule has 0 aliphatic heterocycles. The molecule has 12 aromatic carbocycles. The molecule has 1 aliphatic carbocycles. The van der Waals surface area contributed by atoms with Crippen LogP contribution in [0.25, 0.3) is 154 Å². The Bertz CT molecular complexity index is 4700. The summed E-state index contributed by atoms with van der Waals surface area (Å²) in [5.41, 5.74) is 23.7. The smallest absolute Gasteiger partial charge is 0.0782 e. The molecule has 76 heavy (non-hydrogen) atoms. The molecule has 0 radical (unpaired) electrons.